The number of benzene rings is 1. The molecular weight excluding hydrogens is 386 g/mol. The van der Waals surface area contributed by atoms with Crippen LogP contribution in [-0.2, 0) is 14.8 Å². The molecule has 1 aromatic rings. The summed E-state index contributed by atoms with van der Waals surface area (Å²) in [5.41, 5.74) is 1.94. The monoisotopic (exact) mass is 415 g/mol. The molecule has 6 nitrogen and oxygen atoms in total. The molecule has 0 saturated carbocycles. The van der Waals surface area contributed by atoms with Gasteiger partial charge in [0.2, 0.25) is 15.9 Å². The summed E-state index contributed by atoms with van der Waals surface area (Å²) < 4.78 is 26.6. The molecule has 0 aliphatic carbocycles. The first-order valence-corrected chi connectivity index (χ1v) is 11.2. The molecule has 3 N–H and O–H groups in total. The van der Waals surface area contributed by atoms with E-state index in [1.807, 2.05) is 19.9 Å². The van der Waals surface area contributed by atoms with Gasteiger partial charge in [0.25, 0.3) is 0 Å². The van der Waals surface area contributed by atoms with Crippen molar-refractivity contribution in [2.24, 2.45) is 5.92 Å². The average molecular weight is 416 g/mol. The highest BCUT2D eigenvalue weighted by molar-refractivity contribution is 7.92. The Morgan fingerprint density at radius 3 is 2.44 bits per heavy atom. The molecule has 0 aromatic heterocycles. The molecule has 1 amide bonds. The minimum atomic E-state index is -3.35. The Labute approximate surface area is 168 Å². The Kier molecular flexibility index (Phi) is 7.54. The molecule has 1 aromatic carbocycles. The van der Waals surface area contributed by atoms with Gasteiger partial charge in [-0.2, -0.15) is 0 Å². The maximum absolute atomic E-state index is 12.5. The van der Waals surface area contributed by atoms with Crippen molar-refractivity contribution in [3.63, 3.8) is 0 Å². The molecule has 2 heterocycles. The normalized spacial score (nSPS) is 24.1. The van der Waals surface area contributed by atoms with E-state index >= 15 is 0 Å². The Morgan fingerprint density at radius 1 is 1.19 bits per heavy atom. The van der Waals surface area contributed by atoms with E-state index in [0.29, 0.717) is 42.2 Å². The molecular formula is C19H30ClN3O3S. The van der Waals surface area contributed by atoms with Crippen LogP contribution in [0.25, 0.3) is 0 Å². The van der Waals surface area contributed by atoms with Crippen LogP contribution in [0.4, 0.5) is 11.4 Å². The fourth-order valence-corrected chi connectivity index (χ4v) is 5.37. The number of carbonyl (C=O) groups excluding carboxylic acids is 1. The lowest BCUT2D eigenvalue weighted by Crippen LogP contribution is -2.39. The van der Waals surface area contributed by atoms with Gasteiger partial charge in [-0.15, -0.1) is 12.4 Å². The van der Waals surface area contributed by atoms with Gasteiger partial charge in [0.15, 0.2) is 0 Å². The van der Waals surface area contributed by atoms with Crippen LogP contribution >= 0.6 is 12.4 Å². The standard InChI is InChI=1S/C19H29N3O3S.ClH/c1-3-9-26(24,25)22-18-6-4-5-17(13(18)2)21-19(23)12-14-10-15-7-8-16(11-14)20-15;/h4-6,14-16,20,22H,3,7-12H2,1-2H3,(H,21,23);1H. The molecule has 0 radical (unpaired) electrons. The summed E-state index contributed by atoms with van der Waals surface area (Å²) >= 11 is 0. The van der Waals surface area contributed by atoms with E-state index in [0.717, 1.165) is 18.4 Å². The quantitative estimate of drug-likeness (QED) is 0.636. The summed E-state index contributed by atoms with van der Waals surface area (Å²) in [5, 5.41) is 6.57. The molecule has 0 spiro atoms. The lowest BCUT2D eigenvalue weighted by molar-refractivity contribution is -0.117. The number of hydrogen-bond acceptors (Lipinski definition) is 4. The van der Waals surface area contributed by atoms with Crippen LogP contribution in [0.5, 0.6) is 0 Å². The maximum Gasteiger partial charge on any atom is 0.232 e. The first kappa shape index (κ1) is 22.0. The van der Waals surface area contributed by atoms with Gasteiger partial charge >= 0.3 is 0 Å². The number of anilines is 2. The molecule has 2 fully saturated rings. The second-order valence-electron chi connectivity index (χ2n) is 7.63. The minimum absolute atomic E-state index is 0. The molecule has 2 aliphatic rings. The first-order chi connectivity index (χ1) is 12.4. The Morgan fingerprint density at radius 2 is 1.81 bits per heavy atom. The highest BCUT2D eigenvalue weighted by Gasteiger charge is 2.34. The lowest BCUT2D eigenvalue weighted by Gasteiger charge is -2.28. The van der Waals surface area contributed by atoms with Crippen LogP contribution in [-0.4, -0.2) is 32.2 Å². The summed E-state index contributed by atoms with van der Waals surface area (Å²) in [6.07, 6.45) is 5.67. The van der Waals surface area contributed by atoms with Crippen LogP contribution in [0.1, 0.15) is 51.0 Å². The molecule has 2 saturated heterocycles. The van der Waals surface area contributed by atoms with E-state index in [9.17, 15) is 13.2 Å². The molecule has 27 heavy (non-hydrogen) atoms. The number of nitrogens with one attached hydrogen (secondary N) is 3. The van der Waals surface area contributed by atoms with Gasteiger partial charge in [0, 0.05) is 24.2 Å². The lowest BCUT2D eigenvalue weighted by atomic mass is 9.89. The Balaban J connectivity index is 0.00000261. The third-order valence-corrected chi connectivity index (χ3v) is 6.87. The maximum atomic E-state index is 12.5. The zero-order valence-corrected chi connectivity index (χ0v) is 17.6. The molecule has 2 bridgehead atoms. The fourth-order valence-electron chi connectivity index (χ4n) is 4.17. The SMILES string of the molecule is CCCS(=O)(=O)Nc1cccc(NC(=O)CC2CC3CCC(C2)N3)c1C.Cl. The summed E-state index contributed by atoms with van der Waals surface area (Å²) in [6.45, 7) is 3.65. The fraction of sp³-hybridized carbons (Fsp3) is 0.632. The van der Waals surface area contributed by atoms with Crippen molar-refractivity contribution in [1.82, 2.24) is 5.32 Å². The average Bonchev–Trinajstić information content (AvgIpc) is 2.89. The second kappa shape index (κ2) is 9.26. The molecule has 2 aliphatic heterocycles. The molecule has 2 unspecified atom stereocenters. The largest absolute Gasteiger partial charge is 0.326 e. The molecule has 2 atom stereocenters. The minimum Gasteiger partial charge on any atom is -0.326 e. The van der Waals surface area contributed by atoms with Crippen LogP contribution < -0.4 is 15.4 Å². The van der Waals surface area contributed by atoms with Crippen LogP contribution in [0.2, 0.25) is 0 Å². The molecule has 8 heteroatoms. The highest BCUT2D eigenvalue weighted by atomic mass is 35.5. The number of rotatable bonds is 7. The molecule has 3 rings (SSSR count). The highest BCUT2D eigenvalue weighted by Crippen LogP contribution is 2.33. The Bertz CT molecular complexity index is 757. The third kappa shape index (κ3) is 5.83. The van der Waals surface area contributed by atoms with Crippen LogP contribution in [0.15, 0.2) is 18.2 Å². The predicted molar refractivity (Wildman–Crippen MR) is 112 cm³/mol. The van der Waals surface area contributed by atoms with Crippen LogP contribution in [0, 0.1) is 12.8 Å². The smallest absolute Gasteiger partial charge is 0.232 e. The number of fused-ring (bicyclic) bond motifs is 2. The number of amides is 1. The number of hydrogen-bond donors (Lipinski definition) is 3. The second-order valence-corrected chi connectivity index (χ2v) is 9.47. The Hall–Kier alpha value is -1.31. The van der Waals surface area contributed by atoms with Gasteiger partial charge < -0.3 is 10.6 Å². The van der Waals surface area contributed by atoms with Crippen molar-refractivity contribution in [1.29, 1.82) is 0 Å². The van der Waals surface area contributed by atoms with Gasteiger partial charge in [-0.1, -0.05) is 13.0 Å². The van der Waals surface area contributed by atoms with Gasteiger partial charge in [-0.25, -0.2) is 8.42 Å². The van der Waals surface area contributed by atoms with Crippen molar-refractivity contribution < 1.29 is 13.2 Å². The van der Waals surface area contributed by atoms with Crippen molar-refractivity contribution in [3.05, 3.63) is 23.8 Å². The van der Waals surface area contributed by atoms with E-state index in [1.165, 1.54) is 12.8 Å². The van der Waals surface area contributed by atoms with Crippen molar-refractivity contribution in [2.45, 2.75) is 64.5 Å². The number of carbonyl (C=O) groups is 1. The summed E-state index contributed by atoms with van der Waals surface area (Å²) in [7, 11) is -3.35. The summed E-state index contributed by atoms with van der Waals surface area (Å²) in [5.74, 6) is 0.523. The number of sulfonamides is 1. The third-order valence-electron chi connectivity index (χ3n) is 5.39. The topological polar surface area (TPSA) is 87.3 Å². The van der Waals surface area contributed by atoms with Crippen molar-refractivity contribution >= 4 is 39.7 Å². The van der Waals surface area contributed by atoms with Gasteiger partial charge in [0.05, 0.1) is 11.4 Å². The number of halogens is 1. The van der Waals surface area contributed by atoms with Gasteiger partial charge in [-0.05, 0) is 62.6 Å². The van der Waals surface area contributed by atoms with Crippen LogP contribution in [0.3, 0.4) is 0 Å². The summed E-state index contributed by atoms with van der Waals surface area (Å²) in [4.78, 5) is 12.5. The first-order valence-electron chi connectivity index (χ1n) is 9.52. The van der Waals surface area contributed by atoms with E-state index in [2.05, 4.69) is 15.4 Å². The number of piperidine rings is 1. The van der Waals surface area contributed by atoms with Gasteiger partial charge in [-0.3, -0.25) is 9.52 Å². The van der Waals surface area contributed by atoms with E-state index in [4.69, 9.17) is 0 Å². The zero-order chi connectivity index (χ0) is 18.7. The zero-order valence-electron chi connectivity index (χ0n) is 16.0. The van der Waals surface area contributed by atoms with Crippen molar-refractivity contribution in [2.75, 3.05) is 15.8 Å². The van der Waals surface area contributed by atoms with E-state index in [-0.39, 0.29) is 24.1 Å². The summed E-state index contributed by atoms with van der Waals surface area (Å²) in [6, 6.07) is 6.45. The molecule has 152 valence electrons. The van der Waals surface area contributed by atoms with E-state index < -0.39 is 10.0 Å². The van der Waals surface area contributed by atoms with Gasteiger partial charge in [0.1, 0.15) is 0 Å². The van der Waals surface area contributed by atoms with Crippen molar-refractivity contribution in [3.8, 4) is 0 Å². The van der Waals surface area contributed by atoms with E-state index in [1.54, 1.807) is 12.1 Å². The predicted octanol–water partition coefficient (Wildman–Crippen LogP) is 3.43.